The Labute approximate surface area is 105 Å². The van der Waals surface area contributed by atoms with Crippen LogP contribution in [0.1, 0.15) is 5.56 Å². The highest BCUT2D eigenvalue weighted by Gasteiger charge is 2.04. The Balaban J connectivity index is 2.97. The maximum atomic E-state index is 11.0. The van der Waals surface area contributed by atoms with E-state index < -0.39 is 6.03 Å². The highest BCUT2D eigenvalue weighted by molar-refractivity contribution is 5.89. The molecule has 0 fully saturated rings. The third kappa shape index (κ3) is 3.77. The Hall–Kier alpha value is -2.59. The number of urea groups is 1. The molecule has 0 saturated carbocycles. The number of amides is 2. The van der Waals surface area contributed by atoms with Gasteiger partial charge in [0.25, 0.3) is 0 Å². The normalized spacial score (nSPS) is 9.89. The van der Waals surface area contributed by atoms with Crippen molar-refractivity contribution in [1.29, 1.82) is 5.26 Å². The molecule has 0 heterocycles. The molecule has 2 amide bonds. The molecule has 94 valence electrons. The van der Waals surface area contributed by atoms with Gasteiger partial charge >= 0.3 is 6.03 Å². The molecule has 0 radical (unpaired) electrons. The zero-order valence-corrected chi connectivity index (χ0v) is 10.1. The van der Waals surface area contributed by atoms with E-state index in [-0.39, 0.29) is 0 Å². The molecule has 0 unspecified atom stereocenters. The van der Waals surface area contributed by atoms with Crippen LogP contribution in [0.25, 0.3) is 0 Å². The van der Waals surface area contributed by atoms with Crippen molar-refractivity contribution in [2.24, 2.45) is 10.8 Å². The molecule has 7 heteroatoms. The highest BCUT2D eigenvalue weighted by atomic mass is 16.2. The summed E-state index contributed by atoms with van der Waals surface area (Å²) < 4.78 is 0. The summed E-state index contributed by atoms with van der Waals surface area (Å²) in [4.78, 5) is 16.9. The van der Waals surface area contributed by atoms with Crippen molar-refractivity contribution >= 4 is 23.7 Å². The summed E-state index contributed by atoms with van der Waals surface area (Å²) in [5.74, 6) is 4.95. The average molecular weight is 246 g/mol. The Morgan fingerprint density at radius 1 is 1.56 bits per heavy atom. The summed E-state index contributed by atoms with van der Waals surface area (Å²) in [5, 5.41) is 11.5. The molecule has 4 N–H and O–H groups in total. The van der Waals surface area contributed by atoms with E-state index in [0.29, 0.717) is 16.9 Å². The first-order chi connectivity index (χ1) is 8.56. The first-order valence-electron chi connectivity index (χ1n) is 5.09. The Kier molecular flexibility index (Phi) is 4.66. The summed E-state index contributed by atoms with van der Waals surface area (Å²) in [5.41, 5.74) is 3.30. The predicted molar refractivity (Wildman–Crippen MR) is 69.3 cm³/mol. The van der Waals surface area contributed by atoms with Crippen LogP contribution in [0.5, 0.6) is 0 Å². The number of carbonyl (C=O) groups is 1. The van der Waals surface area contributed by atoms with Crippen molar-refractivity contribution in [2.45, 2.75) is 0 Å². The molecule has 0 saturated heterocycles. The smallest absolute Gasteiger partial charge is 0.333 e. The van der Waals surface area contributed by atoms with Crippen molar-refractivity contribution in [3.8, 4) is 6.07 Å². The minimum atomic E-state index is -0.552. The highest BCUT2D eigenvalue weighted by Crippen LogP contribution is 2.22. The van der Waals surface area contributed by atoms with Crippen LogP contribution in [0.2, 0.25) is 0 Å². The van der Waals surface area contributed by atoms with E-state index in [2.05, 4.69) is 10.3 Å². The zero-order valence-electron chi connectivity index (χ0n) is 10.1. The summed E-state index contributed by atoms with van der Waals surface area (Å²) in [6.45, 7) is 0. The van der Waals surface area contributed by atoms with Gasteiger partial charge in [0.1, 0.15) is 6.07 Å². The summed E-state index contributed by atoms with van der Waals surface area (Å²) >= 11 is 0. The van der Waals surface area contributed by atoms with Gasteiger partial charge in [-0.15, -0.1) is 0 Å². The Bertz CT molecular complexity index is 503. The van der Waals surface area contributed by atoms with Gasteiger partial charge in [-0.1, -0.05) is 0 Å². The molecule has 0 spiro atoms. The summed E-state index contributed by atoms with van der Waals surface area (Å²) in [7, 11) is 3.66. The lowest BCUT2D eigenvalue weighted by Gasteiger charge is -2.06. The van der Waals surface area contributed by atoms with Gasteiger partial charge in [0, 0.05) is 19.8 Å². The second-order valence-corrected chi connectivity index (χ2v) is 3.65. The molecule has 0 aliphatic carbocycles. The number of nitrogens with one attached hydrogen (secondary N) is 2. The SMILES string of the molecule is CN(C)C=Nc1ccc(NC(=O)NN)cc1C#N. The number of rotatable bonds is 3. The fourth-order valence-corrected chi connectivity index (χ4v) is 1.16. The second-order valence-electron chi connectivity index (χ2n) is 3.65. The molecular weight excluding hydrogens is 232 g/mol. The minimum absolute atomic E-state index is 0.364. The van der Waals surface area contributed by atoms with Crippen LogP contribution >= 0.6 is 0 Å². The van der Waals surface area contributed by atoms with Crippen LogP contribution in [0, 0.1) is 11.3 Å². The third-order valence-corrected chi connectivity index (χ3v) is 1.93. The number of anilines is 1. The topological polar surface area (TPSA) is 107 Å². The third-order valence-electron chi connectivity index (χ3n) is 1.93. The van der Waals surface area contributed by atoms with Crippen LogP contribution in [0.4, 0.5) is 16.2 Å². The standard InChI is InChI=1S/C11H14N6O/c1-17(2)7-14-10-4-3-9(5-8(10)6-12)15-11(18)16-13/h3-5,7H,13H2,1-2H3,(H2,15,16,18). The van der Waals surface area contributed by atoms with Crippen molar-refractivity contribution in [1.82, 2.24) is 10.3 Å². The molecule has 0 aliphatic heterocycles. The van der Waals surface area contributed by atoms with Crippen LogP contribution < -0.4 is 16.6 Å². The van der Waals surface area contributed by atoms with Crippen LogP contribution in [0.15, 0.2) is 23.2 Å². The van der Waals surface area contributed by atoms with Crippen LogP contribution in [0.3, 0.4) is 0 Å². The predicted octanol–water partition coefficient (Wildman–Crippen LogP) is 0.775. The molecule has 0 bridgehead atoms. The number of nitrogens with zero attached hydrogens (tertiary/aromatic N) is 3. The first-order valence-corrected chi connectivity index (χ1v) is 5.09. The van der Waals surface area contributed by atoms with Gasteiger partial charge in [-0.25, -0.2) is 15.6 Å². The quantitative estimate of drug-likeness (QED) is 0.241. The van der Waals surface area contributed by atoms with Gasteiger partial charge in [-0.2, -0.15) is 5.26 Å². The molecule has 1 rings (SSSR count). The molecule has 7 nitrogen and oxygen atoms in total. The van der Waals surface area contributed by atoms with Gasteiger partial charge in [-0.3, -0.25) is 5.43 Å². The lowest BCUT2D eigenvalue weighted by molar-refractivity contribution is 0.252. The maximum absolute atomic E-state index is 11.0. The molecule has 0 aliphatic rings. The van der Waals surface area contributed by atoms with Crippen LogP contribution in [-0.4, -0.2) is 31.4 Å². The molecule has 1 aromatic carbocycles. The van der Waals surface area contributed by atoms with Crippen LogP contribution in [-0.2, 0) is 0 Å². The maximum Gasteiger partial charge on any atom is 0.333 e. The number of benzene rings is 1. The van der Waals surface area contributed by atoms with Crippen molar-refractivity contribution in [3.63, 3.8) is 0 Å². The van der Waals surface area contributed by atoms with E-state index in [9.17, 15) is 4.79 Å². The van der Waals surface area contributed by atoms with E-state index in [1.807, 2.05) is 25.6 Å². The number of hydrogen-bond acceptors (Lipinski definition) is 4. The number of nitrogens with two attached hydrogens (primary N) is 1. The lowest BCUT2D eigenvalue weighted by atomic mass is 10.2. The molecule has 1 aromatic rings. The summed E-state index contributed by atoms with van der Waals surface area (Å²) in [6, 6.07) is 6.27. The van der Waals surface area contributed by atoms with Crippen molar-refractivity contribution in [2.75, 3.05) is 19.4 Å². The molecule has 18 heavy (non-hydrogen) atoms. The number of hydrazine groups is 1. The van der Waals surface area contributed by atoms with E-state index in [1.54, 1.807) is 23.4 Å². The molecule has 0 atom stereocenters. The van der Waals surface area contributed by atoms with Crippen molar-refractivity contribution < 1.29 is 4.79 Å². The largest absolute Gasteiger partial charge is 0.369 e. The zero-order chi connectivity index (χ0) is 13.5. The minimum Gasteiger partial charge on any atom is -0.369 e. The second kappa shape index (κ2) is 6.22. The number of carbonyl (C=O) groups excluding carboxylic acids is 1. The lowest BCUT2D eigenvalue weighted by Crippen LogP contribution is -2.34. The van der Waals surface area contributed by atoms with Gasteiger partial charge < -0.3 is 10.2 Å². The van der Waals surface area contributed by atoms with Gasteiger partial charge in [0.15, 0.2) is 0 Å². The fraction of sp³-hybridized carbons (Fsp3) is 0.182. The van der Waals surface area contributed by atoms with Gasteiger partial charge in [-0.05, 0) is 18.2 Å². The number of hydrogen-bond donors (Lipinski definition) is 3. The molecule has 0 aromatic heterocycles. The van der Waals surface area contributed by atoms with E-state index >= 15 is 0 Å². The average Bonchev–Trinajstić information content (AvgIpc) is 2.36. The fourth-order valence-electron chi connectivity index (χ4n) is 1.16. The summed E-state index contributed by atoms with van der Waals surface area (Å²) in [6.07, 6.45) is 1.59. The van der Waals surface area contributed by atoms with Gasteiger partial charge in [0.2, 0.25) is 0 Å². The van der Waals surface area contributed by atoms with Crippen molar-refractivity contribution in [3.05, 3.63) is 23.8 Å². The van der Waals surface area contributed by atoms with E-state index in [4.69, 9.17) is 11.1 Å². The number of nitriles is 1. The van der Waals surface area contributed by atoms with E-state index in [1.165, 1.54) is 6.07 Å². The van der Waals surface area contributed by atoms with Gasteiger partial charge in [0.05, 0.1) is 17.6 Å². The molecular formula is C11H14N6O. The number of aliphatic imine (C=N–C) groups is 1. The Morgan fingerprint density at radius 2 is 2.28 bits per heavy atom. The first kappa shape index (κ1) is 13.5. The monoisotopic (exact) mass is 246 g/mol. The van der Waals surface area contributed by atoms with E-state index in [0.717, 1.165) is 0 Å². The Morgan fingerprint density at radius 3 is 2.83 bits per heavy atom.